The summed E-state index contributed by atoms with van der Waals surface area (Å²) >= 11 is 0. The summed E-state index contributed by atoms with van der Waals surface area (Å²) in [5.74, 6) is 1.77. The van der Waals surface area contributed by atoms with Crippen LogP contribution in [0.2, 0.25) is 0 Å². The zero-order valence-electron chi connectivity index (χ0n) is 23.8. The maximum atomic E-state index is 6.51. The summed E-state index contributed by atoms with van der Waals surface area (Å²) < 4.78 is 6.51. The van der Waals surface area contributed by atoms with Gasteiger partial charge in [0.2, 0.25) is 0 Å². The molecule has 0 saturated carbocycles. The van der Waals surface area contributed by atoms with Gasteiger partial charge in [0.25, 0.3) is 0 Å². The first kappa shape index (κ1) is 24.8. The van der Waals surface area contributed by atoms with Gasteiger partial charge >= 0.3 is 0 Å². The van der Waals surface area contributed by atoms with E-state index in [0.29, 0.717) is 0 Å². The second kappa shape index (κ2) is 9.62. The molecule has 44 heavy (non-hydrogen) atoms. The molecular weight excluding hydrogens is 536 g/mol. The third-order valence-corrected chi connectivity index (χ3v) is 9.07. The largest absolute Gasteiger partial charge is 0.457 e. The Balaban J connectivity index is 1.31. The quantitative estimate of drug-likeness (QED) is 0.215. The van der Waals surface area contributed by atoms with E-state index >= 15 is 0 Å². The molecule has 0 atom stereocenters. The zero-order chi connectivity index (χ0) is 29.1. The summed E-state index contributed by atoms with van der Waals surface area (Å²) in [5, 5.41) is 9.67. The van der Waals surface area contributed by atoms with Crippen molar-refractivity contribution in [1.82, 2.24) is 10.2 Å². The highest BCUT2D eigenvalue weighted by atomic mass is 16.5. The number of fused-ring (bicyclic) bond motifs is 9. The van der Waals surface area contributed by atoms with E-state index in [4.69, 9.17) is 14.9 Å². The van der Waals surface area contributed by atoms with Gasteiger partial charge in [-0.2, -0.15) is 0 Å². The van der Waals surface area contributed by atoms with Crippen molar-refractivity contribution in [2.24, 2.45) is 0 Å². The molecule has 1 aromatic heterocycles. The topological polar surface area (TPSA) is 35.0 Å². The van der Waals surface area contributed by atoms with Crippen molar-refractivity contribution < 1.29 is 4.74 Å². The lowest BCUT2D eigenvalue weighted by Crippen LogP contribution is -2.32. The van der Waals surface area contributed by atoms with Crippen LogP contribution in [0.15, 0.2) is 158 Å². The van der Waals surface area contributed by atoms with E-state index in [1.165, 1.54) is 22.3 Å². The Morgan fingerprint density at radius 1 is 0.386 bits per heavy atom. The molecule has 1 spiro atoms. The summed E-state index contributed by atoms with van der Waals surface area (Å²) in [6.45, 7) is 0. The standard InChI is InChI=1S/C41H26N2O/c1-3-13-27(14-4-1)32-26-37(42-43-40(32)28-15-5-2-6-16-28)29-23-24-31-30-17-7-8-18-33(30)41(36(31)25-29)34-19-9-11-21-38(34)44-39-22-12-10-20-35(39)41/h1-26H. The molecule has 0 bridgehead atoms. The van der Waals surface area contributed by atoms with E-state index in [9.17, 15) is 0 Å². The van der Waals surface area contributed by atoms with E-state index in [1.807, 2.05) is 36.4 Å². The van der Waals surface area contributed by atoms with E-state index < -0.39 is 5.41 Å². The molecule has 3 heteroatoms. The molecule has 206 valence electrons. The average molecular weight is 563 g/mol. The number of ether oxygens (including phenoxy) is 1. The summed E-state index contributed by atoms with van der Waals surface area (Å²) in [4.78, 5) is 0. The van der Waals surface area contributed by atoms with Gasteiger partial charge in [-0.05, 0) is 52.1 Å². The van der Waals surface area contributed by atoms with Gasteiger partial charge in [0.15, 0.2) is 0 Å². The van der Waals surface area contributed by atoms with Crippen molar-refractivity contribution in [3.8, 4) is 56.3 Å². The fourth-order valence-corrected chi connectivity index (χ4v) is 7.19. The molecule has 0 radical (unpaired) electrons. The summed E-state index contributed by atoms with van der Waals surface area (Å²) in [6.07, 6.45) is 0. The first-order valence-electron chi connectivity index (χ1n) is 14.9. The van der Waals surface area contributed by atoms with Gasteiger partial charge in [0.1, 0.15) is 17.2 Å². The van der Waals surface area contributed by atoms with Crippen LogP contribution in [-0.2, 0) is 5.41 Å². The Kier molecular flexibility index (Phi) is 5.41. The zero-order valence-corrected chi connectivity index (χ0v) is 23.8. The Labute approximate surface area is 256 Å². The maximum absolute atomic E-state index is 6.51. The number of hydrogen-bond acceptors (Lipinski definition) is 3. The second-order valence-electron chi connectivity index (χ2n) is 11.4. The van der Waals surface area contributed by atoms with Gasteiger partial charge in [-0.15, -0.1) is 10.2 Å². The monoisotopic (exact) mass is 562 g/mol. The van der Waals surface area contributed by atoms with Crippen LogP contribution in [0, 0.1) is 0 Å². The number of rotatable bonds is 3. The van der Waals surface area contributed by atoms with Crippen LogP contribution in [0.4, 0.5) is 0 Å². The molecule has 0 fully saturated rings. The predicted octanol–water partition coefficient (Wildman–Crippen LogP) is 9.95. The van der Waals surface area contributed by atoms with Gasteiger partial charge in [-0.25, -0.2) is 0 Å². The highest BCUT2D eigenvalue weighted by Gasteiger charge is 2.51. The number of para-hydroxylation sites is 2. The molecule has 0 N–H and O–H groups in total. The Hall–Kier alpha value is -5.80. The molecule has 0 amide bonds. The fraction of sp³-hybridized carbons (Fsp3) is 0.0244. The Bertz CT molecular complexity index is 2160. The van der Waals surface area contributed by atoms with E-state index in [0.717, 1.165) is 56.3 Å². The average Bonchev–Trinajstić information content (AvgIpc) is 3.39. The predicted molar refractivity (Wildman–Crippen MR) is 176 cm³/mol. The SMILES string of the molecule is c1ccc(-c2cc(-c3ccc4c(c3)C3(c5ccccc5Oc5ccccc53)c3ccccc3-4)nnc2-c2ccccc2)cc1. The van der Waals surface area contributed by atoms with Gasteiger partial charge in [-0.3, -0.25) is 0 Å². The van der Waals surface area contributed by atoms with Crippen molar-refractivity contribution in [3.05, 3.63) is 180 Å². The maximum Gasteiger partial charge on any atom is 0.132 e. The summed E-state index contributed by atoms with van der Waals surface area (Å²) in [6, 6.07) is 55.4. The van der Waals surface area contributed by atoms with Crippen molar-refractivity contribution in [2.75, 3.05) is 0 Å². The Morgan fingerprint density at radius 2 is 0.955 bits per heavy atom. The molecule has 2 heterocycles. The van der Waals surface area contributed by atoms with Crippen LogP contribution in [0.25, 0.3) is 44.8 Å². The van der Waals surface area contributed by atoms with Gasteiger partial charge in [0, 0.05) is 27.8 Å². The molecule has 6 aromatic carbocycles. The molecule has 2 aliphatic rings. The first-order chi connectivity index (χ1) is 21.8. The number of aromatic nitrogens is 2. The first-order valence-corrected chi connectivity index (χ1v) is 14.9. The minimum atomic E-state index is -0.521. The molecule has 1 aliphatic carbocycles. The molecule has 3 nitrogen and oxygen atoms in total. The molecule has 7 aromatic rings. The molecular formula is C41H26N2O. The second-order valence-corrected chi connectivity index (χ2v) is 11.4. The third-order valence-electron chi connectivity index (χ3n) is 9.07. The van der Waals surface area contributed by atoms with Gasteiger partial charge in [0.05, 0.1) is 11.1 Å². The van der Waals surface area contributed by atoms with E-state index in [2.05, 4.69) is 121 Å². The van der Waals surface area contributed by atoms with Crippen molar-refractivity contribution >= 4 is 0 Å². The van der Waals surface area contributed by atoms with Gasteiger partial charge < -0.3 is 4.74 Å². The van der Waals surface area contributed by atoms with Crippen LogP contribution in [-0.4, -0.2) is 10.2 Å². The minimum Gasteiger partial charge on any atom is -0.457 e. The fourth-order valence-electron chi connectivity index (χ4n) is 7.19. The molecule has 0 unspecified atom stereocenters. The van der Waals surface area contributed by atoms with Crippen molar-refractivity contribution in [3.63, 3.8) is 0 Å². The number of benzene rings is 6. The van der Waals surface area contributed by atoms with Crippen LogP contribution >= 0.6 is 0 Å². The summed E-state index contributed by atoms with van der Waals surface area (Å²) in [5.41, 5.74) is 12.7. The third kappa shape index (κ3) is 3.50. The van der Waals surface area contributed by atoms with Gasteiger partial charge in [-0.1, -0.05) is 133 Å². The lowest BCUT2D eigenvalue weighted by molar-refractivity contribution is 0.436. The van der Waals surface area contributed by atoms with Crippen molar-refractivity contribution in [1.29, 1.82) is 0 Å². The van der Waals surface area contributed by atoms with Crippen LogP contribution in [0.3, 0.4) is 0 Å². The minimum absolute atomic E-state index is 0.521. The van der Waals surface area contributed by atoms with Crippen LogP contribution in [0.1, 0.15) is 22.3 Å². The normalized spacial score (nSPS) is 13.4. The lowest BCUT2D eigenvalue weighted by atomic mass is 9.66. The van der Waals surface area contributed by atoms with E-state index in [-0.39, 0.29) is 0 Å². The van der Waals surface area contributed by atoms with Crippen LogP contribution < -0.4 is 4.74 Å². The Morgan fingerprint density at radius 3 is 1.66 bits per heavy atom. The molecule has 0 saturated heterocycles. The highest BCUT2D eigenvalue weighted by molar-refractivity contribution is 5.90. The number of nitrogens with zero attached hydrogens (tertiary/aromatic N) is 2. The van der Waals surface area contributed by atoms with Crippen LogP contribution in [0.5, 0.6) is 11.5 Å². The van der Waals surface area contributed by atoms with E-state index in [1.54, 1.807) is 0 Å². The highest BCUT2D eigenvalue weighted by Crippen LogP contribution is 2.62. The lowest BCUT2D eigenvalue weighted by Gasteiger charge is -2.39. The molecule has 9 rings (SSSR count). The summed E-state index contributed by atoms with van der Waals surface area (Å²) in [7, 11) is 0. The van der Waals surface area contributed by atoms with Crippen molar-refractivity contribution in [2.45, 2.75) is 5.41 Å². The molecule has 1 aliphatic heterocycles. The smallest absolute Gasteiger partial charge is 0.132 e. The number of hydrogen-bond donors (Lipinski definition) is 0.